The van der Waals surface area contributed by atoms with Crippen molar-refractivity contribution in [3.63, 3.8) is 0 Å². The summed E-state index contributed by atoms with van der Waals surface area (Å²) in [5, 5.41) is 20.2. The monoisotopic (exact) mass is 307 g/mol. The fraction of sp³-hybridized carbons (Fsp3) is 0.438. The molecule has 1 aliphatic rings. The van der Waals surface area contributed by atoms with Crippen molar-refractivity contribution in [2.75, 3.05) is 7.11 Å². The smallest absolute Gasteiger partial charge is 0.302 e. The Hall–Kier alpha value is -2.39. The van der Waals surface area contributed by atoms with Gasteiger partial charge in [-0.25, -0.2) is 0 Å². The van der Waals surface area contributed by atoms with Crippen molar-refractivity contribution in [2.45, 2.75) is 33.3 Å². The van der Waals surface area contributed by atoms with Crippen LogP contribution in [0, 0.1) is 28.4 Å². The Kier molecular flexibility index (Phi) is 8.49. The van der Waals surface area contributed by atoms with Gasteiger partial charge in [-0.05, 0) is 30.4 Å². The zero-order valence-corrected chi connectivity index (χ0v) is 13.2. The third kappa shape index (κ3) is 5.94. The van der Waals surface area contributed by atoms with Gasteiger partial charge in [0.15, 0.2) is 0 Å². The number of hydrogen-bond donors (Lipinski definition) is 1. The number of carbonyl (C=O) groups excluding carboxylic acids is 1. The molecule has 1 aromatic carbocycles. The second-order valence-corrected chi connectivity index (χ2v) is 4.75. The maximum atomic E-state index is 10.5. The molecule has 6 heteroatoms. The maximum absolute atomic E-state index is 10.5. The molecule has 1 aromatic rings. The fourth-order valence-electron chi connectivity index (χ4n) is 1.92. The van der Waals surface area contributed by atoms with Crippen molar-refractivity contribution in [1.29, 1.82) is 0 Å². The molecule has 1 N–H and O–H groups in total. The number of ether oxygens (including phenoxy) is 1. The molecule has 0 bridgehead atoms. The SMILES string of the molecule is C#CC.CC1Cc2ccc([N+](=O)[O-])cc2C1O.COC(C)=O. The summed E-state index contributed by atoms with van der Waals surface area (Å²) >= 11 is 0. The van der Waals surface area contributed by atoms with E-state index in [1.807, 2.05) is 6.92 Å². The maximum Gasteiger partial charge on any atom is 0.302 e. The normalized spacial score (nSPS) is 17.6. The highest BCUT2D eigenvalue weighted by Crippen LogP contribution is 2.37. The van der Waals surface area contributed by atoms with Gasteiger partial charge in [0.05, 0.1) is 18.1 Å². The van der Waals surface area contributed by atoms with E-state index < -0.39 is 11.0 Å². The fourth-order valence-corrected chi connectivity index (χ4v) is 1.92. The molecule has 0 saturated heterocycles. The van der Waals surface area contributed by atoms with E-state index in [1.54, 1.807) is 13.0 Å². The first-order valence-corrected chi connectivity index (χ1v) is 6.65. The lowest BCUT2D eigenvalue weighted by atomic mass is 10.1. The van der Waals surface area contributed by atoms with Gasteiger partial charge in [-0.3, -0.25) is 14.9 Å². The lowest BCUT2D eigenvalue weighted by Crippen LogP contribution is -2.01. The van der Waals surface area contributed by atoms with Crippen LogP contribution in [0.2, 0.25) is 0 Å². The number of aliphatic hydroxyl groups excluding tert-OH is 1. The number of non-ortho nitro benzene ring substituents is 1. The van der Waals surface area contributed by atoms with Gasteiger partial charge in [-0.15, -0.1) is 12.3 Å². The molecule has 1 aliphatic carbocycles. The molecule has 0 aromatic heterocycles. The van der Waals surface area contributed by atoms with Crippen molar-refractivity contribution in [1.82, 2.24) is 0 Å². The number of benzene rings is 1. The average molecular weight is 307 g/mol. The van der Waals surface area contributed by atoms with E-state index in [4.69, 9.17) is 0 Å². The van der Waals surface area contributed by atoms with Crippen LogP contribution in [0.4, 0.5) is 5.69 Å². The molecule has 0 spiro atoms. The molecule has 0 aliphatic heterocycles. The summed E-state index contributed by atoms with van der Waals surface area (Å²) in [5.41, 5.74) is 1.79. The number of rotatable bonds is 1. The Balaban J connectivity index is 0.000000465. The molecule has 120 valence electrons. The van der Waals surface area contributed by atoms with Gasteiger partial charge >= 0.3 is 5.97 Å². The topological polar surface area (TPSA) is 89.7 Å². The van der Waals surface area contributed by atoms with Gasteiger partial charge in [0.25, 0.3) is 5.69 Å². The van der Waals surface area contributed by atoms with Crippen molar-refractivity contribution in [3.05, 3.63) is 39.4 Å². The van der Waals surface area contributed by atoms with Crippen LogP contribution < -0.4 is 0 Å². The van der Waals surface area contributed by atoms with Crippen molar-refractivity contribution in [2.24, 2.45) is 5.92 Å². The number of fused-ring (bicyclic) bond motifs is 1. The molecule has 22 heavy (non-hydrogen) atoms. The number of terminal acetylenes is 1. The number of hydrogen-bond acceptors (Lipinski definition) is 5. The van der Waals surface area contributed by atoms with E-state index in [2.05, 4.69) is 17.1 Å². The summed E-state index contributed by atoms with van der Waals surface area (Å²) in [7, 11) is 1.35. The number of carbonyl (C=O) groups is 1. The summed E-state index contributed by atoms with van der Waals surface area (Å²) < 4.78 is 4.11. The third-order valence-corrected chi connectivity index (χ3v) is 3.03. The Morgan fingerprint density at radius 1 is 1.55 bits per heavy atom. The molecule has 6 nitrogen and oxygen atoms in total. The largest absolute Gasteiger partial charge is 0.469 e. The van der Waals surface area contributed by atoms with Crippen LogP contribution in [0.1, 0.15) is 38.0 Å². The third-order valence-electron chi connectivity index (χ3n) is 3.03. The zero-order valence-electron chi connectivity index (χ0n) is 13.2. The van der Waals surface area contributed by atoms with E-state index in [1.165, 1.54) is 26.2 Å². The lowest BCUT2D eigenvalue weighted by Gasteiger charge is -2.07. The zero-order chi connectivity index (χ0) is 17.3. The summed E-state index contributed by atoms with van der Waals surface area (Å²) in [4.78, 5) is 19.7. The Labute approximate surface area is 130 Å². The van der Waals surface area contributed by atoms with E-state index in [-0.39, 0.29) is 17.6 Å². The minimum atomic E-state index is -0.551. The second kappa shape index (κ2) is 9.53. The number of nitro groups is 1. The van der Waals surface area contributed by atoms with Crippen molar-refractivity contribution >= 4 is 11.7 Å². The Morgan fingerprint density at radius 2 is 2.05 bits per heavy atom. The first-order chi connectivity index (χ1) is 10.3. The van der Waals surface area contributed by atoms with Crippen LogP contribution in [0.15, 0.2) is 18.2 Å². The number of nitro benzene ring substituents is 1. The van der Waals surface area contributed by atoms with Gasteiger partial charge in [-0.2, -0.15) is 0 Å². The van der Waals surface area contributed by atoms with E-state index in [9.17, 15) is 20.0 Å². The summed E-state index contributed by atoms with van der Waals surface area (Å²) in [5.74, 6) is 2.16. The second-order valence-electron chi connectivity index (χ2n) is 4.75. The first-order valence-electron chi connectivity index (χ1n) is 6.65. The molecular formula is C16H21NO5. The minimum absolute atomic E-state index is 0.0527. The van der Waals surface area contributed by atoms with Crippen LogP contribution in [0.3, 0.4) is 0 Å². The van der Waals surface area contributed by atoms with Crippen molar-refractivity contribution in [3.8, 4) is 12.3 Å². The van der Waals surface area contributed by atoms with Gasteiger partial charge in [0.2, 0.25) is 0 Å². The highest BCUT2D eigenvalue weighted by atomic mass is 16.6. The van der Waals surface area contributed by atoms with Crippen LogP contribution in [-0.2, 0) is 16.0 Å². The minimum Gasteiger partial charge on any atom is -0.469 e. The summed E-state index contributed by atoms with van der Waals surface area (Å²) in [6.07, 6.45) is 4.85. The van der Waals surface area contributed by atoms with E-state index in [0.29, 0.717) is 5.56 Å². The number of aliphatic hydroxyl groups is 1. The average Bonchev–Trinajstić information content (AvgIpc) is 2.75. The highest BCUT2D eigenvalue weighted by Gasteiger charge is 2.28. The van der Waals surface area contributed by atoms with Gasteiger partial charge in [0, 0.05) is 19.1 Å². The standard InChI is InChI=1S/C10H11NO3.C3H6O2.C3H4/c1-6-4-7-2-3-8(11(13)14)5-9(7)10(6)12;1-3(4)5-2;1-3-2/h2-3,5-6,10,12H,4H2,1H3;1-2H3;1H,2H3. The number of esters is 1. The van der Waals surface area contributed by atoms with Crippen LogP contribution >= 0.6 is 0 Å². The highest BCUT2D eigenvalue weighted by molar-refractivity contribution is 5.65. The summed E-state index contributed by atoms with van der Waals surface area (Å²) in [6.45, 7) is 4.95. The number of methoxy groups -OCH3 is 1. The first kappa shape index (κ1) is 19.6. The molecule has 0 saturated carbocycles. The molecule has 0 radical (unpaired) electrons. The van der Waals surface area contributed by atoms with E-state index in [0.717, 1.165) is 12.0 Å². The molecular weight excluding hydrogens is 286 g/mol. The predicted octanol–water partition coefficient (Wildman–Crippen LogP) is 2.64. The number of nitrogens with zero attached hydrogens (tertiary/aromatic N) is 1. The van der Waals surface area contributed by atoms with Crippen molar-refractivity contribution < 1.29 is 19.6 Å². The Morgan fingerprint density at radius 3 is 2.45 bits per heavy atom. The molecule has 0 fully saturated rings. The molecule has 0 amide bonds. The van der Waals surface area contributed by atoms with Gasteiger partial charge in [0.1, 0.15) is 0 Å². The van der Waals surface area contributed by atoms with Crippen LogP contribution in [-0.4, -0.2) is 23.1 Å². The molecule has 2 unspecified atom stereocenters. The Bertz CT molecular complexity index is 562. The molecule has 2 atom stereocenters. The quantitative estimate of drug-likeness (QED) is 0.373. The van der Waals surface area contributed by atoms with Crippen LogP contribution in [0.25, 0.3) is 0 Å². The predicted molar refractivity (Wildman–Crippen MR) is 83.1 cm³/mol. The van der Waals surface area contributed by atoms with E-state index >= 15 is 0 Å². The van der Waals surface area contributed by atoms with Crippen LogP contribution in [0.5, 0.6) is 0 Å². The molecule has 2 rings (SSSR count). The van der Waals surface area contributed by atoms with Gasteiger partial charge < -0.3 is 9.84 Å². The molecule has 0 heterocycles. The lowest BCUT2D eigenvalue weighted by molar-refractivity contribution is -0.385. The van der Waals surface area contributed by atoms with Gasteiger partial charge in [-0.1, -0.05) is 13.0 Å². The summed E-state index contributed by atoms with van der Waals surface area (Å²) in [6, 6.07) is 4.70.